The Kier molecular flexibility index (Phi) is 51.0. The highest BCUT2D eigenvalue weighted by molar-refractivity contribution is 5.71. The van der Waals surface area contributed by atoms with Crippen LogP contribution < -0.4 is 0 Å². The van der Waals surface area contributed by atoms with Gasteiger partial charge in [-0.05, 0) is 57.8 Å². The fourth-order valence-electron chi connectivity index (χ4n) is 8.28. The number of carbonyl (C=O) groups is 3. The summed E-state index contributed by atoms with van der Waals surface area (Å²) in [5.74, 6) is -2.04. The highest BCUT2D eigenvalue weighted by Crippen LogP contribution is 2.17. The molecule has 9 heteroatoms. The van der Waals surface area contributed by atoms with E-state index in [4.69, 9.17) is 18.9 Å². The topological polar surface area (TPSA) is 108 Å². The normalized spacial score (nSPS) is 13.2. The average molecular weight is 1000 g/mol. The van der Waals surface area contributed by atoms with E-state index in [1.54, 1.807) is 0 Å². The molecule has 0 bridgehead atoms. The van der Waals surface area contributed by atoms with Gasteiger partial charge in [-0.15, -0.1) is 0 Å². The number of carboxylic acid groups (broad SMARTS) is 1. The lowest BCUT2D eigenvalue weighted by Gasteiger charge is -2.25. The molecular weight excluding hydrogens is 887 g/mol. The second-order valence-electron chi connectivity index (χ2n) is 20.9. The highest BCUT2D eigenvalue weighted by Gasteiger charge is 2.25. The summed E-state index contributed by atoms with van der Waals surface area (Å²) in [5.41, 5.74) is 0. The summed E-state index contributed by atoms with van der Waals surface area (Å²) in [4.78, 5) is 37.4. The molecule has 2 atom stereocenters. The molecule has 0 saturated carbocycles. The Balaban J connectivity index is 4.22. The van der Waals surface area contributed by atoms with Gasteiger partial charge in [0.05, 0.1) is 34.4 Å². The van der Waals surface area contributed by atoms with E-state index in [9.17, 15) is 19.5 Å². The molecule has 0 aromatic carbocycles. The van der Waals surface area contributed by atoms with Crippen LogP contribution in [0.2, 0.25) is 0 Å². The molecule has 0 aromatic heterocycles. The van der Waals surface area contributed by atoms with E-state index in [1.165, 1.54) is 154 Å². The van der Waals surface area contributed by atoms with Crippen molar-refractivity contribution in [2.45, 2.75) is 270 Å². The molecule has 9 nitrogen and oxygen atoms in total. The van der Waals surface area contributed by atoms with Crippen molar-refractivity contribution in [1.29, 1.82) is 0 Å². The molecule has 0 aliphatic rings. The van der Waals surface area contributed by atoms with Crippen LogP contribution in [0, 0.1) is 0 Å². The van der Waals surface area contributed by atoms with Gasteiger partial charge >= 0.3 is 17.9 Å². The molecule has 0 heterocycles. The van der Waals surface area contributed by atoms with Gasteiger partial charge in [-0.2, -0.15) is 0 Å². The minimum absolute atomic E-state index is 0.180. The number of esters is 2. The summed E-state index contributed by atoms with van der Waals surface area (Å²) in [6.07, 6.45) is 64.6. The number of quaternary nitrogens is 1. The van der Waals surface area contributed by atoms with Gasteiger partial charge in [0.15, 0.2) is 6.10 Å². The molecule has 0 aliphatic heterocycles. The number of aliphatic carboxylic acids is 1. The number of hydrogen-bond acceptors (Lipinski definition) is 7. The number of carbonyl (C=O) groups excluding carboxylic acids is 2. The van der Waals surface area contributed by atoms with Crippen molar-refractivity contribution in [3.8, 4) is 0 Å². The van der Waals surface area contributed by atoms with E-state index in [2.05, 4.69) is 74.6 Å². The number of hydrogen-bond donors (Lipinski definition) is 1. The first-order chi connectivity index (χ1) is 34.6. The number of allylic oxidation sites excluding steroid dienone is 10. The monoisotopic (exact) mass is 999 g/mol. The number of ether oxygens (including phenoxy) is 4. The van der Waals surface area contributed by atoms with E-state index in [0.29, 0.717) is 23.9 Å². The van der Waals surface area contributed by atoms with Gasteiger partial charge in [0.25, 0.3) is 6.29 Å². The van der Waals surface area contributed by atoms with E-state index < -0.39 is 24.3 Å². The summed E-state index contributed by atoms with van der Waals surface area (Å²) in [6, 6.07) is 0. The van der Waals surface area contributed by atoms with Gasteiger partial charge in [-0.25, -0.2) is 4.79 Å². The molecule has 412 valence electrons. The van der Waals surface area contributed by atoms with Crippen LogP contribution in [-0.2, 0) is 33.3 Å². The van der Waals surface area contributed by atoms with Gasteiger partial charge in [0.2, 0.25) is 0 Å². The van der Waals surface area contributed by atoms with Crippen LogP contribution in [-0.4, -0.2) is 87.4 Å². The standard InChI is InChI=1S/C62H111NO8/c1-6-8-10-12-14-16-18-20-22-24-26-27-28-29-30-31-32-33-35-36-38-40-42-44-46-48-50-52-59(64)69-56-58(57-70-62(61(66)67)68-55-54-63(3,4)5)71-60(65)53-51-49-47-45-43-41-39-37-34-25-23-21-19-17-15-13-11-9-7-2/h9,11,15,17,21,23,34,37,41,43,58,62H,6-8,10,12-14,16,18-20,22,24-33,35-36,38-40,42,44-57H2,1-5H3/p+1/b11-9-,17-15-,23-21-,37-34-,43-41-. The third kappa shape index (κ3) is 54.6. The van der Waals surface area contributed by atoms with Gasteiger partial charge in [0, 0.05) is 12.8 Å². The Morgan fingerprint density at radius 1 is 0.437 bits per heavy atom. The lowest BCUT2D eigenvalue weighted by molar-refractivity contribution is -0.870. The third-order valence-electron chi connectivity index (χ3n) is 12.8. The van der Waals surface area contributed by atoms with Crippen LogP contribution in [0.3, 0.4) is 0 Å². The highest BCUT2D eigenvalue weighted by atomic mass is 16.7. The summed E-state index contributed by atoms with van der Waals surface area (Å²) >= 11 is 0. The maximum Gasteiger partial charge on any atom is 0.361 e. The summed E-state index contributed by atoms with van der Waals surface area (Å²) in [7, 11) is 5.96. The molecule has 2 unspecified atom stereocenters. The minimum Gasteiger partial charge on any atom is -0.477 e. The zero-order valence-electron chi connectivity index (χ0n) is 46.9. The Bertz CT molecular complexity index is 1350. The van der Waals surface area contributed by atoms with Crippen molar-refractivity contribution in [3.05, 3.63) is 60.8 Å². The maximum atomic E-state index is 12.8. The molecular formula is C62H112NO8+. The van der Waals surface area contributed by atoms with E-state index in [1.807, 2.05) is 21.1 Å². The molecule has 0 spiro atoms. The fourth-order valence-corrected chi connectivity index (χ4v) is 8.28. The van der Waals surface area contributed by atoms with Crippen molar-refractivity contribution in [3.63, 3.8) is 0 Å². The van der Waals surface area contributed by atoms with Gasteiger partial charge < -0.3 is 28.5 Å². The van der Waals surface area contributed by atoms with Crippen molar-refractivity contribution >= 4 is 17.9 Å². The fraction of sp³-hybridized carbons (Fsp3) is 0.790. The van der Waals surface area contributed by atoms with Crippen LogP contribution >= 0.6 is 0 Å². The average Bonchev–Trinajstić information content (AvgIpc) is 3.34. The first kappa shape index (κ1) is 68.0. The molecule has 0 aliphatic carbocycles. The van der Waals surface area contributed by atoms with Crippen molar-refractivity contribution in [2.75, 3.05) is 47.5 Å². The van der Waals surface area contributed by atoms with E-state index in [0.717, 1.165) is 70.6 Å². The Hall–Kier alpha value is -3.01. The second kappa shape index (κ2) is 53.3. The largest absolute Gasteiger partial charge is 0.477 e. The Morgan fingerprint density at radius 2 is 0.803 bits per heavy atom. The number of nitrogens with zero attached hydrogens (tertiary/aromatic N) is 1. The van der Waals surface area contributed by atoms with E-state index >= 15 is 0 Å². The van der Waals surface area contributed by atoms with Crippen LogP contribution in [0.25, 0.3) is 0 Å². The SMILES string of the molecule is CC/C=C\C/C=C\C/C=C\C/C=C\C/C=C\CCCCCC(=O)OC(COC(=O)CCCCCCCCCCCCCCCCCCCCCCCCCCCCC)COC(OCC[N+](C)(C)C)C(=O)O. The Labute approximate surface area is 437 Å². The number of carboxylic acids is 1. The van der Waals surface area contributed by atoms with E-state index in [-0.39, 0.29) is 32.2 Å². The quantitative estimate of drug-likeness (QED) is 0.0211. The number of rotatable bonds is 54. The summed E-state index contributed by atoms with van der Waals surface area (Å²) < 4.78 is 22.8. The molecule has 0 rings (SSSR count). The van der Waals surface area contributed by atoms with Crippen LogP contribution in [0.1, 0.15) is 258 Å². The van der Waals surface area contributed by atoms with Gasteiger partial charge in [-0.1, -0.05) is 248 Å². The molecule has 71 heavy (non-hydrogen) atoms. The zero-order chi connectivity index (χ0) is 52.0. The van der Waals surface area contributed by atoms with Crippen LogP contribution in [0.15, 0.2) is 60.8 Å². The molecule has 0 aromatic rings. The molecule has 1 N–H and O–H groups in total. The first-order valence-corrected chi connectivity index (χ1v) is 29.5. The molecule has 0 amide bonds. The molecule has 0 fully saturated rings. The van der Waals surface area contributed by atoms with Crippen molar-refractivity contribution in [1.82, 2.24) is 0 Å². The Morgan fingerprint density at radius 3 is 1.20 bits per heavy atom. The van der Waals surface area contributed by atoms with Crippen molar-refractivity contribution in [2.24, 2.45) is 0 Å². The van der Waals surface area contributed by atoms with Crippen molar-refractivity contribution < 1.29 is 42.9 Å². The summed E-state index contributed by atoms with van der Waals surface area (Å²) in [6.45, 7) is 4.75. The maximum absolute atomic E-state index is 12.8. The third-order valence-corrected chi connectivity index (χ3v) is 12.8. The lowest BCUT2D eigenvalue weighted by Crippen LogP contribution is -2.40. The number of likely N-dealkylation sites (N-methyl/N-ethyl adjacent to an activating group) is 1. The molecule has 0 saturated heterocycles. The minimum atomic E-state index is -1.52. The second-order valence-corrected chi connectivity index (χ2v) is 20.9. The predicted molar refractivity (Wildman–Crippen MR) is 300 cm³/mol. The first-order valence-electron chi connectivity index (χ1n) is 29.5. The predicted octanol–water partition coefficient (Wildman–Crippen LogP) is 17.2. The van der Waals surface area contributed by atoms with Crippen LogP contribution in [0.4, 0.5) is 0 Å². The van der Waals surface area contributed by atoms with Gasteiger partial charge in [0.1, 0.15) is 13.2 Å². The number of unbranched alkanes of at least 4 members (excludes halogenated alkanes) is 29. The zero-order valence-corrected chi connectivity index (χ0v) is 46.9. The van der Waals surface area contributed by atoms with Gasteiger partial charge in [-0.3, -0.25) is 9.59 Å². The van der Waals surface area contributed by atoms with Crippen LogP contribution in [0.5, 0.6) is 0 Å². The lowest BCUT2D eigenvalue weighted by atomic mass is 10.0. The summed E-state index contributed by atoms with van der Waals surface area (Å²) in [5, 5.41) is 9.70. The smallest absolute Gasteiger partial charge is 0.361 e. The molecule has 0 radical (unpaired) electrons.